The van der Waals surface area contributed by atoms with Crippen LogP contribution in [-0.4, -0.2) is 61.6 Å². The first kappa shape index (κ1) is 32.5. The lowest BCUT2D eigenvalue weighted by molar-refractivity contribution is -0.385. The summed E-state index contributed by atoms with van der Waals surface area (Å²) in [7, 11) is 0. The standard InChI is InChI=1S/C34H36N4O8/c1-21(7-5-12-31(41)36-19-25-10-4-3-9-24(25)16-28(36)20-39)34(44)29-17-27(38(45)46)13-14-30(29)37(33(34)43)18-23-8-6-11-26(15-23)35-32(42)22(2)40/h3-11,13-15,17,21-22,28,39-40,44H,12,16,18-20H2,1-2H3,(H,35,42)/b7-5+/t21-,22-,28-,34+/m0/s1. The van der Waals surface area contributed by atoms with Gasteiger partial charge in [0.15, 0.2) is 5.60 Å². The molecule has 0 spiro atoms. The molecule has 0 aromatic heterocycles. The summed E-state index contributed by atoms with van der Waals surface area (Å²) in [5.41, 5.74) is 1.00. The molecule has 12 heteroatoms. The third-order valence-electron chi connectivity index (χ3n) is 8.64. The summed E-state index contributed by atoms with van der Waals surface area (Å²) < 4.78 is 0. The van der Waals surface area contributed by atoms with Crippen molar-refractivity contribution in [2.75, 3.05) is 16.8 Å². The van der Waals surface area contributed by atoms with E-state index in [0.29, 0.717) is 29.9 Å². The first-order valence-corrected chi connectivity index (χ1v) is 15.0. The average Bonchev–Trinajstić information content (AvgIpc) is 3.26. The first-order chi connectivity index (χ1) is 21.9. The van der Waals surface area contributed by atoms with Crippen molar-refractivity contribution in [3.8, 4) is 0 Å². The number of rotatable bonds is 10. The zero-order valence-electron chi connectivity index (χ0n) is 25.5. The summed E-state index contributed by atoms with van der Waals surface area (Å²) in [5, 5.41) is 45.7. The van der Waals surface area contributed by atoms with Crippen molar-refractivity contribution in [3.05, 3.63) is 111 Å². The average molecular weight is 629 g/mol. The van der Waals surface area contributed by atoms with Crippen LogP contribution < -0.4 is 10.2 Å². The van der Waals surface area contributed by atoms with Crippen LogP contribution in [0.5, 0.6) is 0 Å². The van der Waals surface area contributed by atoms with Crippen molar-refractivity contribution in [3.63, 3.8) is 0 Å². The summed E-state index contributed by atoms with van der Waals surface area (Å²) in [6.07, 6.45) is 2.40. The van der Waals surface area contributed by atoms with Crippen LogP contribution in [0.4, 0.5) is 17.1 Å². The molecular formula is C34H36N4O8. The van der Waals surface area contributed by atoms with E-state index in [1.54, 1.807) is 48.2 Å². The maximum Gasteiger partial charge on any atom is 0.269 e. The number of anilines is 2. The number of non-ortho nitro benzene ring substituents is 1. The molecule has 2 aliphatic rings. The van der Waals surface area contributed by atoms with E-state index in [2.05, 4.69) is 5.32 Å². The van der Waals surface area contributed by atoms with Crippen LogP contribution in [0.1, 0.15) is 42.5 Å². The molecule has 46 heavy (non-hydrogen) atoms. The number of hydrogen-bond acceptors (Lipinski definition) is 8. The predicted molar refractivity (Wildman–Crippen MR) is 169 cm³/mol. The van der Waals surface area contributed by atoms with Gasteiger partial charge in [0.2, 0.25) is 5.91 Å². The Hall–Kier alpha value is -4.91. The maximum absolute atomic E-state index is 14.0. The Bertz CT molecular complexity index is 1710. The van der Waals surface area contributed by atoms with Gasteiger partial charge in [-0.15, -0.1) is 0 Å². The van der Waals surface area contributed by atoms with Crippen LogP contribution in [0, 0.1) is 16.0 Å². The minimum absolute atomic E-state index is 0.0156. The lowest BCUT2D eigenvalue weighted by Gasteiger charge is -2.36. The van der Waals surface area contributed by atoms with E-state index in [9.17, 15) is 39.8 Å². The number of amides is 3. The summed E-state index contributed by atoms with van der Waals surface area (Å²) in [6, 6.07) is 17.9. The van der Waals surface area contributed by atoms with E-state index in [1.165, 1.54) is 30.0 Å². The fourth-order valence-electron chi connectivity index (χ4n) is 6.05. The second-order valence-corrected chi connectivity index (χ2v) is 11.7. The SMILES string of the molecule is C[C@H](O)C(=O)Nc1cccc(CN2C(=O)[C@@](O)([C@@H](C)/C=C/CC(=O)N3Cc4ccccc4C[C@H]3CO)c3cc([N+](=O)[O-])ccc32)c1. The van der Waals surface area contributed by atoms with Crippen molar-refractivity contribution in [2.45, 2.75) is 57.5 Å². The lowest BCUT2D eigenvalue weighted by atomic mass is 9.82. The Labute approximate surface area is 265 Å². The van der Waals surface area contributed by atoms with Gasteiger partial charge in [0.25, 0.3) is 17.5 Å². The van der Waals surface area contributed by atoms with Crippen LogP contribution >= 0.6 is 0 Å². The first-order valence-electron chi connectivity index (χ1n) is 15.0. The van der Waals surface area contributed by atoms with Crippen LogP contribution in [-0.2, 0) is 39.5 Å². The molecule has 3 aromatic rings. The number of hydrogen-bond donors (Lipinski definition) is 4. The Balaban J connectivity index is 1.38. The Morgan fingerprint density at radius 3 is 2.54 bits per heavy atom. The quantitative estimate of drug-likeness (QED) is 0.151. The zero-order chi connectivity index (χ0) is 33.2. The van der Waals surface area contributed by atoms with Gasteiger partial charge in [-0.25, -0.2) is 0 Å². The molecule has 0 saturated heterocycles. The molecule has 5 rings (SSSR count). The highest BCUT2D eigenvalue weighted by Crippen LogP contribution is 2.47. The van der Waals surface area contributed by atoms with Crippen LogP contribution in [0.3, 0.4) is 0 Å². The van der Waals surface area contributed by atoms with Gasteiger partial charge in [0.05, 0.1) is 29.8 Å². The number of aliphatic hydroxyl groups is 3. The predicted octanol–water partition coefficient (Wildman–Crippen LogP) is 3.18. The molecule has 0 bridgehead atoms. The fraction of sp³-hybridized carbons (Fsp3) is 0.324. The Morgan fingerprint density at radius 1 is 1.11 bits per heavy atom. The molecule has 0 unspecified atom stereocenters. The van der Waals surface area contributed by atoms with Crippen LogP contribution in [0.25, 0.3) is 0 Å². The molecule has 0 fully saturated rings. The van der Waals surface area contributed by atoms with E-state index in [-0.39, 0.29) is 42.8 Å². The van der Waals surface area contributed by atoms with Crippen LogP contribution in [0.15, 0.2) is 78.9 Å². The van der Waals surface area contributed by atoms with Crippen molar-refractivity contribution in [1.29, 1.82) is 0 Å². The molecule has 3 aromatic carbocycles. The van der Waals surface area contributed by atoms with Gasteiger partial charge in [-0.2, -0.15) is 0 Å². The number of nitro benzene ring substituents is 1. The van der Waals surface area contributed by atoms with Gasteiger partial charge in [0.1, 0.15) is 6.10 Å². The molecule has 12 nitrogen and oxygen atoms in total. The van der Waals surface area contributed by atoms with E-state index < -0.39 is 34.4 Å². The molecule has 240 valence electrons. The normalized spacial score (nSPS) is 20.3. The van der Waals surface area contributed by atoms with E-state index in [0.717, 1.165) is 11.1 Å². The van der Waals surface area contributed by atoms with Gasteiger partial charge in [-0.05, 0) is 48.2 Å². The third kappa shape index (κ3) is 6.27. The molecule has 2 aliphatic heterocycles. The molecule has 3 amide bonds. The van der Waals surface area contributed by atoms with E-state index in [4.69, 9.17) is 0 Å². The molecule has 4 N–H and O–H groups in total. The molecule has 2 heterocycles. The highest BCUT2D eigenvalue weighted by Gasteiger charge is 2.53. The van der Waals surface area contributed by atoms with Crippen molar-refractivity contribution >= 4 is 34.8 Å². The second-order valence-electron chi connectivity index (χ2n) is 11.7. The minimum Gasteiger partial charge on any atom is -0.394 e. The smallest absolute Gasteiger partial charge is 0.269 e. The summed E-state index contributed by atoms with van der Waals surface area (Å²) >= 11 is 0. The molecular weight excluding hydrogens is 592 g/mol. The Kier molecular flexibility index (Phi) is 9.33. The van der Waals surface area contributed by atoms with Crippen molar-refractivity contribution in [1.82, 2.24) is 4.90 Å². The number of nitrogens with one attached hydrogen (secondary N) is 1. The number of nitrogens with zero attached hydrogens (tertiary/aromatic N) is 3. The molecule has 0 saturated carbocycles. The largest absolute Gasteiger partial charge is 0.394 e. The minimum atomic E-state index is -2.17. The van der Waals surface area contributed by atoms with Gasteiger partial charge in [-0.3, -0.25) is 24.5 Å². The monoisotopic (exact) mass is 628 g/mol. The molecule has 4 atom stereocenters. The zero-order valence-corrected chi connectivity index (χ0v) is 25.5. The van der Waals surface area contributed by atoms with Crippen molar-refractivity contribution < 1.29 is 34.6 Å². The summed E-state index contributed by atoms with van der Waals surface area (Å²) in [4.78, 5) is 53.2. The number of nitro groups is 1. The van der Waals surface area contributed by atoms with E-state index >= 15 is 0 Å². The van der Waals surface area contributed by atoms with E-state index in [1.807, 2.05) is 24.3 Å². The fourth-order valence-corrected chi connectivity index (χ4v) is 6.05. The highest BCUT2D eigenvalue weighted by molar-refractivity contribution is 6.07. The maximum atomic E-state index is 14.0. The lowest BCUT2D eigenvalue weighted by Crippen LogP contribution is -2.46. The number of benzene rings is 3. The number of carbonyl (C=O) groups is 3. The number of fused-ring (bicyclic) bond motifs is 2. The summed E-state index contributed by atoms with van der Waals surface area (Å²) in [5.74, 6) is -2.40. The highest BCUT2D eigenvalue weighted by atomic mass is 16.6. The second kappa shape index (κ2) is 13.2. The Morgan fingerprint density at radius 2 is 1.85 bits per heavy atom. The van der Waals surface area contributed by atoms with Crippen molar-refractivity contribution in [2.24, 2.45) is 5.92 Å². The third-order valence-corrected chi connectivity index (χ3v) is 8.64. The molecule has 0 aliphatic carbocycles. The van der Waals surface area contributed by atoms with Gasteiger partial charge in [0, 0.05) is 42.3 Å². The topological polar surface area (TPSA) is 174 Å². The number of carbonyl (C=O) groups excluding carboxylic acids is 3. The number of aliphatic hydroxyl groups excluding tert-OH is 2. The van der Waals surface area contributed by atoms with Crippen LogP contribution in [0.2, 0.25) is 0 Å². The summed E-state index contributed by atoms with van der Waals surface area (Å²) in [6.45, 7) is 3.10. The van der Waals surface area contributed by atoms with Gasteiger partial charge < -0.3 is 30.4 Å². The van der Waals surface area contributed by atoms with Gasteiger partial charge >= 0.3 is 0 Å². The molecule has 0 radical (unpaired) electrons. The van der Waals surface area contributed by atoms with Gasteiger partial charge in [-0.1, -0.05) is 55.5 Å².